The molecule has 2 aromatic carbocycles. The van der Waals surface area contributed by atoms with Crippen molar-refractivity contribution in [1.82, 2.24) is 10.9 Å². The predicted molar refractivity (Wildman–Crippen MR) is 113 cm³/mol. The third-order valence-corrected chi connectivity index (χ3v) is 5.15. The Morgan fingerprint density at radius 2 is 1.55 bits per heavy atom. The number of thiophene rings is 1. The summed E-state index contributed by atoms with van der Waals surface area (Å²) in [6, 6.07) is 18.1. The molecular weight excluding hydrogens is 435 g/mol. The van der Waals surface area contributed by atoms with Crippen molar-refractivity contribution in [2.24, 2.45) is 0 Å². The van der Waals surface area contributed by atoms with E-state index >= 15 is 0 Å². The molecule has 0 unspecified atom stereocenters. The number of hydrazine groups is 1. The van der Waals surface area contributed by atoms with Crippen molar-refractivity contribution in [3.05, 3.63) is 80.5 Å². The summed E-state index contributed by atoms with van der Waals surface area (Å²) >= 11 is 12.7. The molecule has 6 nitrogen and oxygen atoms in total. The molecule has 0 aliphatic rings. The van der Waals surface area contributed by atoms with Crippen LogP contribution in [0.2, 0.25) is 8.67 Å². The number of halogens is 2. The van der Waals surface area contributed by atoms with Crippen LogP contribution in [0, 0.1) is 0 Å². The molecule has 0 radical (unpaired) electrons. The molecule has 0 aliphatic heterocycles. The standard InChI is InChI=1S/C20H16Cl2N2O4S/c21-17-10-16(19(22)29-17)20(26)24-23-18(25)12-28-15-8-6-14(7-9-15)27-11-13-4-2-1-3-5-13/h1-10H,11-12H2,(H,23,25)(H,24,26). The van der Waals surface area contributed by atoms with E-state index in [9.17, 15) is 9.59 Å². The monoisotopic (exact) mass is 450 g/mol. The van der Waals surface area contributed by atoms with E-state index in [2.05, 4.69) is 10.9 Å². The zero-order valence-corrected chi connectivity index (χ0v) is 17.3. The summed E-state index contributed by atoms with van der Waals surface area (Å²) in [6.07, 6.45) is 0. The SMILES string of the molecule is O=C(COc1ccc(OCc2ccccc2)cc1)NNC(=O)c1cc(Cl)sc1Cl. The minimum atomic E-state index is -0.564. The first-order valence-corrected chi connectivity index (χ1v) is 10.0. The highest BCUT2D eigenvalue weighted by molar-refractivity contribution is 7.20. The van der Waals surface area contributed by atoms with Crippen LogP contribution < -0.4 is 20.3 Å². The number of ether oxygens (including phenoxy) is 2. The van der Waals surface area contributed by atoms with Gasteiger partial charge in [0.25, 0.3) is 11.8 Å². The first-order valence-electron chi connectivity index (χ1n) is 8.45. The van der Waals surface area contributed by atoms with Crippen molar-refractivity contribution in [3.63, 3.8) is 0 Å². The second kappa shape index (κ2) is 10.2. The molecule has 3 rings (SSSR count). The van der Waals surface area contributed by atoms with Gasteiger partial charge in [0.15, 0.2) is 6.61 Å². The first kappa shape index (κ1) is 21.0. The summed E-state index contributed by atoms with van der Waals surface area (Å²) in [5, 5.41) is 0. The van der Waals surface area contributed by atoms with E-state index in [4.69, 9.17) is 32.7 Å². The van der Waals surface area contributed by atoms with Gasteiger partial charge in [-0.25, -0.2) is 0 Å². The van der Waals surface area contributed by atoms with Crippen LogP contribution >= 0.6 is 34.5 Å². The molecule has 150 valence electrons. The Labute approximate surface area is 181 Å². The van der Waals surface area contributed by atoms with Gasteiger partial charge in [-0.3, -0.25) is 20.4 Å². The van der Waals surface area contributed by atoms with E-state index in [-0.39, 0.29) is 16.5 Å². The van der Waals surface area contributed by atoms with Crippen molar-refractivity contribution in [3.8, 4) is 11.5 Å². The van der Waals surface area contributed by atoms with Crippen LogP contribution in [0.3, 0.4) is 0 Å². The number of hydrogen-bond acceptors (Lipinski definition) is 5. The quantitative estimate of drug-likeness (QED) is 0.520. The lowest BCUT2D eigenvalue weighted by Crippen LogP contribution is -2.43. The largest absolute Gasteiger partial charge is 0.489 e. The molecule has 9 heteroatoms. The zero-order chi connectivity index (χ0) is 20.6. The van der Waals surface area contributed by atoms with Gasteiger partial charge in [-0.2, -0.15) is 0 Å². The summed E-state index contributed by atoms with van der Waals surface area (Å²) in [6.45, 7) is 0.186. The Balaban J connectivity index is 1.40. The van der Waals surface area contributed by atoms with Crippen LogP contribution in [0.4, 0.5) is 0 Å². The smallest absolute Gasteiger partial charge is 0.276 e. The molecule has 1 aromatic heterocycles. The summed E-state index contributed by atoms with van der Waals surface area (Å²) in [5.41, 5.74) is 5.76. The number of amides is 2. The van der Waals surface area contributed by atoms with Crippen molar-refractivity contribution in [2.45, 2.75) is 6.61 Å². The second-order valence-electron chi connectivity index (χ2n) is 5.77. The minimum Gasteiger partial charge on any atom is -0.489 e. The average Bonchev–Trinajstić information content (AvgIpc) is 3.08. The van der Waals surface area contributed by atoms with Crippen molar-refractivity contribution >= 4 is 46.4 Å². The maximum atomic E-state index is 11.9. The van der Waals surface area contributed by atoms with Crippen molar-refractivity contribution in [2.75, 3.05) is 6.61 Å². The number of rotatable bonds is 7. The van der Waals surface area contributed by atoms with Gasteiger partial charge in [0, 0.05) is 0 Å². The third-order valence-electron chi connectivity index (χ3n) is 3.66. The van der Waals surface area contributed by atoms with Crippen LogP contribution in [0.1, 0.15) is 15.9 Å². The summed E-state index contributed by atoms with van der Waals surface area (Å²) < 4.78 is 11.7. The maximum absolute atomic E-state index is 11.9. The van der Waals surface area contributed by atoms with Crippen LogP contribution in [-0.2, 0) is 11.4 Å². The van der Waals surface area contributed by atoms with Gasteiger partial charge in [-0.15, -0.1) is 11.3 Å². The molecule has 2 N–H and O–H groups in total. The lowest BCUT2D eigenvalue weighted by Gasteiger charge is -2.10. The van der Waals surface area contributed by atoms with Gasteiger partial charge in [0.1, 0.15) is 22.4 Å². The van der Waals surface area contributed by atoms with Gasteiger partial charge in [0.2, 0.25) is 0 Å². The van der Waals surface area contributed by atoms with Crippen molar-refractivity contribution in [1.29, 1.82) is 0 Å². The summed E-state index contributed by atoms with van der Waals surface area (Å²) in [4.78, 5) is 23.8. The second-order valence-corrected chi connectivity index (χ2v) is 8.06. The fourth-order valence-electron chi connectivity index (χ4n) is 2.25. The molecule has 0 bridgehead atoms. The molecule has 0 aliphatic carbocycles. The lowest BCUT2D eigenvalue weighted by molar-refractivity contribution is -0.123. The van der Waals surface area contributed by atoms with Gasteiger partial charge < -0.3 is 9.47 Å². The van der Waals surface area contributed by atoms with Crippen LogP contribution in [-0.4, -0.2) is 18.4 Å². The van der Waals surface area contributed by atoms with E-state index in [1.165, 1.54) is 6.07 Å². The van der Waals surface area contributed by atoms with E-state index in [0.29, 0.717) is 22.4 Å². The number of carbonyl (C=O) groups excluding carboxylic acids is 2. The Kier molecular flexibility index (Phi) is 7.35. The number of nitrogens with one attached hydrogen (secondary N) is 2. The molecule has 2 amide bonds. The lowest BCUT2D eigenvalue weighted by atomic mass is 10.2. The highest BCUT2D eigenvalue weighted by atomic mass is 35.5. The van der Waals surface area contributed by atoms with Crippen molar-refractivity contribution < 1.29 is 19.1 Å². The Morgan fingerprint density at radius 3 is 2.17 bits per heavy atom. The summed E-state index contributed by atoms with van der Waals surface area (Å²) in [5.74, 6) is 0.0852. The minimum absolute atomic E-state index is 0.189. The zero-order valence-electron chi connectivity index (χ0n) is 15.0. The van der Waals surface area contributed by atoms with E-state index in [1.54, 1.807) is 24.3 Å². The molecule has 0 atom stereocenters. The van der Waals surface area contributed by atoms with Gasteiger partial charge in [-0.05, 0) is 35.9 Å². The Morgan fingerprint density at radius 1 is 0.897 bits per heavy atom. The van der Waals surface area contributed by atoms with E-state index in [1.807, 2.05) is 30.3 Å². The van der Waals surface area contributed by atoms with Gasteiger partial charge in [0.05, 0.1) is 9.90 Å². The fourth-order valence-corrected chi connectivity index (χ4v) is 3.71. The Hall–Kier alpha value is -2.74. The topological polar surface area (TPSA) is 76.7 Å². The molecule has 0 saturated heterocycles. The normalized spacial score (nSPS) is 10.3. The highest BCUT2D eigenvalue weighted by Gasteiger charge is 2.15. The predicted octanol–water partition coefficient (Wildman–Crippen LogP) is 4.47. The van der Waals surface area contributed by atoms with Gasteiger partial charge in [-0.1, -0.05) is 53.5 Å². The number of carbonyl (C=O) groups is 2. The maximum Gasteiger partial charge on any atom is 0.276 e. The van der Waals surface area contributed by atoms with E-state index in [0.717, 1.165) is 16.9 Å². The molecule has 1 heterocycles. The fraction of sp³-hybridized carbons (Fsp3) is 0.100. The number of benzene rings is 2. The van der Waals surface area contributed by atoms with E-state index < -0.39 is 11.8 Å². The molecule has 0 fully saturated rings. The first-order chi connectivity index (χ1) is 14.0. The molecule has 0 saturated carbocycles. The van der Waals surface area contributed by atoms with Crippen LogP contribution in [0.15, 0.2) is 60.7 Å². The summed E-state index contributed by atoms with van der Waals surface area (Å²) in [7, 11) is 0. The van der Waals surface area contributed by atoms with Gasteiger partial charge >= 0.3 is 0 Å². The molecule has 29 heavy (non-hydrogen) atoms. The van der Waals surface area contributed by atoms with Crippen LogP contribution in [0.25, 0.3) is 0 Å². The molecular formula is C20H16Cl2N2O4S. The highest BCUT2D eigenvalue weighted by Crippen LogP contribution is 2.30. The third kappa shape index (κ3) is 6.39. The van der Waals surface area contributed by atoms with Crippen LogP contribution in [0.5, 0.6) is 11.5 Å². The molecule has 0 spiro atoms. The average molecular weight is 451 g/mol. The Bertz CT molecular complexity index is 978. The molecule has 3 aromatic rings. The number of hydrogen-bond donors (Lipinski definition) is 2.